The predicted molar refractivity (Wildman–Crippen MR) is 121 cm³/mol. The number of fused-ring (bicyclic) bond motifs is 3. The number of carbonyl (C=O) groups is 1. The summed E-state index contributed by atoms with van der Waals surface area (Å²) in [6.45, 7) is 7.37. The Morgan fingerprint density at radius 3 is 2.56 bits per heavy atom. The van der Waals surface area contributed by atoms with E-state index >= 15 is 0 Å². The van der Waals surface area contributed by atoms with Gasteiger partial charge in [-0.1, -0.05) is 37.3 Å². The Bertz CT molecular complexity index is 1240. The lowest BCUT2D eigenvalue weighted by atomic mass is 10.1. The highest BCUT2D eigenvalue weighted by molar-refractivity contribution is 6.19. The Morgan fingerprint density at radius 2 is 1.88 bits per heavy atom. The third kappa shape index (κ3) is 3.26. The van der Waals surface area contributed by atoms with Crippen LogP contribution in [0.15, 0.2) is 47.5 Å². The normalized spacial score (nSPS) is 16.8. The Labute approximate surface area is 186 Å². The van der Waals surface area contributed by atoms with Crippen molar-refractivity contribution in [2.75, 3.05) is 18.5 Å². The molecule has 0 saturated carbocycles. The van der Waals surface area contributed by atoms with Gasteiger partial charge in [-0.2, -0.15) is 9.49 Å². The summed E-state index contributed by atoms with van der Waals surface area (Å²) in [6, 6.07) is 12.6. The molecule has 1 amide bonds. The Balaban J connectivity index is 1.49. The van der Waals surface area contributed by atoms with Gasteiger partial charge in [-0.05, 0) is 38.0 Å². The van der Waals surface area contributed by atoms with Crippen LogP contribution in [0.4, 0.5) is 10.2 Å². The molecular formula is C24H25FN6O. The molecule has 2 aliphatic heterocycles. The van der Waals surface area contributed by atoms with Crippen LogP contribution < -0.4 is 4.90 Å². The summed E-state index contributed by atoms with van der Waals surface area (Å²) in [4.78, 5) is 25.5. The van der Waals surface area contributed by atoms with Crippen LogP contribution in [0.2, 0.25) is 0 Å². The van der Waals surface area contributed by atoms with Crippen molar-refractivity contribution < 1.29 is 9.18 Å². The molecule has 0 unspecified atom stereocenters. The zero-order valence-electron chi connectivity index (χ0n) is 18.6. The number of halogens is 1. The molecule has 0 atom stereocenters. The minimum Gasteiger partial charge on any atom is -0.292 e. The summed E-state index contributed by atoms with van der Waals surface area (Å²) < 4.78 is 15.4. The second-order valence-corrected chi connectivity index (χ2v) is 8.87. The Hall–Kier alpha value is -3.55. The molecular weight excluding hydrogens is 407 g/mol. The summed E-state index contributed by atoms with van der Waals surface area (Å²) in [6.07, 6.45) is 0.691. The topological polar surface area (TPSA) is 66.6 Å². The maximum Gasteiger partial charge on any atom is 0.266 e. The number of rotatable bonds is 4. The van der Waals surface area contributed by atoms with Crippen LogP contribution >= 0.6 is 0 Å². The number of hydrogen-bond acceptors (Lipinski definition) is 5. The Morgan fingerprint density at radius 1 is 1.12 bits per heavy atom. The fraction of sp³-hybridized carbons (Fsp3) is 0.333. The van der Waals surface area contributed by atoms with Gasteiger partial charge in [0.15, 0.2) is 5.82 Å². The van der Waals surface area contributed by atoms with Crippen molar-refractivity contribution >= 4 is 17.7 Å². The van der Waals surface area contributed by atoms with E-state index in [4.69, 9.17) is 10.1 Å². The van der Waals surface area contributed by atoms with Gasteiger partial charge in [0.25, 0.3) is 5.91 Å². The van der Waals surface area contributed by atoms with E-state index in [0.717, 1.165) is 16.8 Å². The minimum atomic E-state index is -0.496. The zero-order valence-corrected chi connectivity index (χ0v) is 18.6. The second-order valence-electron chi connectivity index (χ2n) is 8.87. The highest BCUT2D eigenvalue weighted by Gasteiger charge is 2.44. The molecule has 4 heterocycles. The monoisotopic (exact) mass is 432 g/mol. The van der Waals surface area contributed by atoms with Crippen molar-refractivity contribution in [2.45, 2.75) is 39.3 Å². The van der Waals surface area contributed by atoms with Crippen LogP contribution in [0.5, 0.6) is 0 Å². The lowest BCUT2D eigenvalue weighted by Gasteiger charge is -2.30. The van der Waals surface area contributed by atoms with E-state index in [1.54, 1.807) is 24.1 Å². The van der Waals surface area contributed by atoms with Crippen LogP contribution in [-0.2, 0) is 13.0 Å². The van der Waals surface area contributed by atoms with Crippen LogP contribution in [0.3, 0.4) is 0 Å². The van der Waals surface area contributed by atoms with E-state index in [9.17, 15) is 9.18 Å². The molecule has 164 valence electrons. The number of nitrogens with zero attached hydrogens (tertiary/aromatic N) is 6. The average Bonchev–Trinajstić information content (AvgIpc) is 3.29. The van der Waals surface area contributed by atoms with Crippen LogP contribution in [0, 0.1) is 5.95 Å². The molecule has 0 aliphatic carbocycles. The van der Waals surface area contributed by atoms with Gasteiger partial charge in [0.2, 0.25) is 11.9 Å². The maximum absolute atomic E-state index is 13.4. The van der Waals surface area contributed by atoms with Gasteiger partial charge >= 0.3 is 0 Å². The number of aliphatic imine (C=N–C) groups is 1. The zero-order chi connectivity index (χ0) is 22.6. The third-order valence-electron chi connectivity index (χ3n) is 5.93. The van der Waals surface area contributed by atoms with E-state index in [2.05, 4.69) is 18.8 Å². The first-order chi connectivity index (χ1) is 15.3. The lowest BCUT2D eigenvalue weighted by Crippen LogP contribution is -2.48. The van der Waals surface area contributed by atoms with Gasteiger partial charge in [-0.3, -0.25) is 19.3 Å². The smallest absolute Gasteiger partial charge is 0.266 e. The molecule has 0 radical (unpaired) electrons. The van der Waals surface area contributed by atoms with Gasteiger partial charge < -0.3 is 0 Å². The maximum atomic E-state index is 13.4. The number of benzene rings is 1. The van der Waals surface area contributed by atoms with Crippen LogP contribution in [0.1, 0.15) is 42.4 Å². The van der Waals surface area contributed by atoms with Crippen molar-refractivity contribution in [1.29, 1.82) is 0 Å². The first kappa shape index (κ1) is 20.4. The van der Waals surface area contributed by atoms with Gasteiger partial charge in [0.1, 0.15) is 5.56 Å². The molecule has 8 heteroatoms. The molecule has 3 aromatic rings. The van der Waals surface area contributed by atoms with Gasteiger partial charge in [-0.15, -0.1) is 0 Å². The van der Waals surface area contributed by atoms with Crippen molar-refractivity contribution in [1.82, 2.24) is 19.7 Å². The fourth-order valence-corrected chi connectivity index (χ4v) is 4.41. The second kappa shape index (κ2) is 7.25. The average molecular weight is 433 g/mol. The van der Waals surface area contributed by atoms with Crippen molar-refractivity contribution in [3.63, 3.8) is 0 Å². The minimum absolute atomic E-state index is 0.0664. The highest BCUT2D eigenvalue weighted by atomic mass is 19.1. The molecule has 7 nitrogen and oxygen atoms in total. The highest BCUT2D eigenvalue weighted by Crippen LogP contribution is 2.36. The van der Waals surface area contributed by atoms with Crippen molar-refractivity contribution in [3.8, 4) is 11.3 Å². The third-order valence-corrected chi connectivity index (χ3v) is 5.93. The SMILES string of the molecule is CCc1c2c(nn1Cc1ccc(-c3cccc(F)n3)cc1)N1CC(C)(C)N=C1N(C)C2=O. The van der Waals surface area contributed by atoms with E-state index in [-0.39, 0.29) is 11.4 Å². The summed E-state index contributed by atoms with van der Waals surface area (Å²) in [5.74, 6) is 0.786. The van der Waals surface area contributed by atoms with E-state index in [1.807, 2.05) is 40.8 Å². The van der Waals surface area contributed by atoms with Crippen LogP contribution in [0.25, 0.3) is 11.3 Å². The number of aromatic nitrogens is 3. The number of carbonyl (C=O) groups excluding carboxylic acids is 1. The summed E-state index contributed by atoms with van der Waals surface area (Å²) in [5, 5.41) is 4.85. The molecule has 0 saturated heterocycles. The number of amides is 1. The molecule has 2 aliphatic rings. The van der Waals surface area contributed by atoms with Gasteiger partial charge in [0.05, 0.1) is 30.0 Å². The molecule has 32 heavy (non-hydrogen) atoms. The number of pyridine rings is 1. The number of anilines is 1. The summed E-state index contributed by atoms with van der Waals surface area (Å²) in [7, 11) is 1.77. The van der Waals surface area contributed by atoms with Gasteiger partial charge in [0, 0.05) is 12.6 Å². The standard InChI is InChI=1S/C24H25FN6O/c1-5-18-20-21(30-14-24(2,3)27-23(30)29(4)22(20)32)28-31(18)13-15-9-11-16(12-10-15)17-7-6-8-19(25)26-17/h6-12H,5,13-14H2,1-4H3. The molecule has 5 rings (SSSR count). The van der Waals surface area contributed by atoms with Gasteiger partial charge in [-0.25, -0.2) is 9.98 Å². The number of guanidine groups is 1. The summed E-state index contributed by atoms with van der Waals surface area (Å²) >= 11 is 0. The van der Waals surface area contributed by atoms with Crippen molar-refractivity contribution in [3.05, 3.63) is 65.2 Å². The quantitative estimate of drug-likeness (QED) is 0.589. The van der Waals surface area contributed by atoms with E-state index in [0.29, 0.717) is 42.5 Å². The fourth-order valence-electron chi connectivity index (χ4n) is 4.41. The molecule has 0 fully saturated rings. The molecule has 0 spiro atoms. The van der Waals surface area contributed by atoms with E-state index < -0.39 is 5.95 Å². The molecule has 0 bridgehead atoms. The lowest BCUT2D eigenvalue weighted by molar-refractivity contribution is 0.0864. The van der Waals surface area contributed by atoms with Crippen LogP contribution in [-0.4, -0.2) is 50.7 Å². The van der Waals surface area contributed by atoms with Crippen molar-refractivity contribution in [2.24, 2.45) is 4.99 Å². The predicted octanol–water partition coefficient (Wildman–Crippen LogP) is 3.74. The largest absolute Gasteiger partial charge is 0.292 e. The Kier molecular flexibility index (Phi) is 4.62. The molecule has 1 aromatic carbocycles. The number of hydrogen-bond donors (Lipinski definition) is 0. The molecule has 0 N–H and O–H groups in total. The first-order valence-electron chi connectivity index (χ1n) is 10.7. The van der Waals surface area contributed by atoms with E-state index in [1.165, 1.54) is 6.07 Å². The molecule has 2 aromatic heterocycles. The first-order valence-corrected chi connectivity index (χ1v) is 10.7. The summed E-state index contributed by atoms with van der Waals surface area (Å²) in [5.41, 5.74) is 3.78.